The molecular weight excluding hydrogens is 299 g/mol. The Morgan fingerprint density at radius 2 is 2.00 bits per heavy atom. The molecule has 0 fully saturated rings. The summed E-state index contributed by atoms with van der Waals surface area (Å²) in [7, 11) is 0. The Kier molecular flexibility index (Phi) is 4.21. The predicted molar refractivity (Wildman–Crippen MR) is 83.2 cm³/mol. The van der Waals surface area contributed by atoms with Crippen molar-refractivity contribution in [2.24, 2.45) is 0 Å². The molecule has 0 unspecified atom stereocenters. The highest BCUT2D eigenvalue weighted by Crippen LogP contribution is 2.30. The normalized spacial score (nSPS) is 14.7. The number of carbonyl (C=O) groups excluding carboxylic acids is 1. The fourth-order valence-corrected chi connectivity index (χ4v) is 3.81. The number of carbonyl (C=O) groups is 1. The van der Waals surface area contributed by atoms with Gasteiger partial charge in [-0.3, -0.25) is 4.79 Å². The van der Waals surface area contributed by atoms with E-state index in [1.165, 1.54) is 58.9 Å². The minimum atomic E-state index is -0.771. The van der Waals surface area contributed by atoms with Gasteiger partial charge in [-0.2, -0.15) is 5.26 Å². The molecule has 1 aromatic heterocycles. The maximum Gasteiger partial charge on any atom is 0.262 e. The van der Waals surface area contributed by atoms with Crippen LogP contribution in [0.5, 0.6) is 0 Å². The van der Waals surface area contributed by atoms with E-state index in [1.807, 2.05) is 6.07 Å². The fourth-order valence-electron chi connectivity index (χ4n) is 2.65. The Bertz CT molecular complexity index is 707. The Balaban J connectivity index is 1.76. The summed E-state index contributed by atoms with van der Waals surface area (Å²) in [4.78, 5) is 14.3. The number of thiophene rings is 1. The van der Waals surface area contributed by atoms with Crippen LogP contribution in [-0.2, 0) is 12.8 Å². The molecule has 1 aromatic carbocycles. The third kappa shape index (κ3) is 3.02. The number of nitrogens with zero attached hydrogens (tertiary/aromatic N) is 1. The van der Waals surface area contributed by atoms with Crippen LogP contribution in [-0.4, -0.2) is 5.91 Å². The number of benzene rings is 1. The molecule has 1 heterocycles. The molecule has 2 aromatic rings. The highest BCUT2D eigenvalue weighted by atomic mass is 32.1. The topological polar surface area (TPSA) is 52.9 Å². The number of rotatable bonds is 3. The predicted octanol–water partition coefficient (Wildman–Crippen LogP) is 3.76. The van der Waals surface area contributed by atoms with Gasteiger partial charge in [0, 0.05) is 4.88 Å². The van der Waals surface area contributed by atoms with E-state index < -0.39 is 6.04 Å². The number of nitriles is 1. The summed E-state index contributed by atoms with van der Waals surface area (Å²) >= 11 is 1.51. The van der Waals surface area contributed by atoms with E-state index >= 15 is 0 Å². The molecule has 0 saturated carbocycles. The maximum atomic E-state index is 12.9. The number of aryl methyl sites for hydroxylation is 2. The Hall–Kier alpha value is -2.19. The Morgan fingerprint density at radius 1 is 1.27 bits per heavy atom. The van der Waals surface area contributed by atoms with E-state index in [-0.39, 0.29) is 11.7 Å². The van der Waals surface area contributed by atoms with Gasteiger partial charge in [-0.15, -0.1) is 11.3 Å². The Labute approximate surface area is 132 Å². The Morgan fingerprint density at radius 3 is 2.68 bits per heavy atom. The van der Waals surface area contributed by atoms with Crippen molar-refractivity contribution in [1.82, 2.24) is 5.32 Å². The standard InChI is InChI=1S/C17H15FN2OS/c18-13-7-5-11(6-8-13)14(10-19)20-17(21)16-9-12-3-1-2-4-15(12)22-16/h5-9,14H,1-4H2,(H,20,21)/t14-/m0/s1. The molecule has 112 valence electrons. The lowest BCUT2D eigenvalue weighted by Crippen LogP contribution is -2.26. The molecule has 3 nitrogen and oxygen atoms in total. The quantitative estimate of drug-likeness (QED) is 0.938. The average molecular weight is 314 g/mol. The highest BCUT2D eigenvalue weighted by Gasteiger charge is 2.20. The molecule has 1 N–H and O–H groups in total. The van der Waals surface area contributed by atoms with E-state index in [9.17, 15) is 14.4 Å². The SMILES string of the molecule is N#C[C@H](NC(=O)c1cc2c(s1)CCCC2)c1ccc(F)cc1. The first kappa shape index (κ1) is 14.7. The van der Waals surface area contributed by atoms with Gasteiger partial charge in [0.2, 0.25) is 0 Å². The van der Waals surface area contributed by atoms with Crippen LogP contribution in [0.15, 0.2) is 30.3 Å². The van der Waals surface area contributed by atoms with Crippen molar-refractivity contribution in [1.29, 1.82) is 5.26 Å². The lowest BCUT2D eigenvalue weighted by atomic mass is 9.99. The number of halogens is 1. The summed E-state index contributed by atoms with van der Waals surface area (Å²) in [5.74, 6) is -0.604. The molecule has 1 aliphatic rings. The third-order valence-corrected chi connectivity index (χ3v) is 5.06. The maximum absolute atomic E-state index is 12.9. The first-order valence-electron chi connectivity index (χ1n) is 7.25. The summed E-state index contributed by atoms with van der Waals surface area (Å²) in [6.07, 6.45) is 4.40. The van der Waals surface area contributed by atoms with Crippen LogP contribution in [0, 0.1) is 17.1 Å². The highest BCUT2D eigenvalue weighted by molar-refractivity contribution is 7.14. The van der Waals surface area contributed by atoms with Crippen LogP contribution in [0.4, 0.5) is 4.39 Å². The van der Waals surface area contributed by atoms with Gasteiger partial charge in [-0.1, -0.05) is 12.1 Å². The largest absolute Gasteiger partial charge is 0.332 e. The van der Waals surface area contributed by atoms with E-state index in [4.69, 9.17) is 0 Å². The van der Waals surface area contributed by atoms with Gasteiger partial charge in [0.15, 0.2) is 0 Å². The van der Waals surface area contributed by atoms with Crippen LogP contribution in [0.1, 0.15) is 44.6 Å². The first-order chi connectivity index (χ1) is 10.7. The summed E-state index contributed by atoms with van der Waals surface area (Å²) < 4.78 is 12.9. The van der Waals surface area contributed by atoms with Gasteiger partial charge in [0.25, 0.3) is 5.91 Å². The van der Waals surface area contributed by atoms with Gasteiger partial charge in [-0.05, 0) is 55.0 Å². The molecule has 0 saturated heterocycles. The molecule has 22 heavy (non-hydrogen) atoms. The summed E-state index contributed by atoms with van der Waals surface area (Å²) in [5.41, 5.74) is 1.84. The van der Waals surface area contributed by atoms with Gasteiger partial charge < -0.3 is 5.32 Å². The number of nitrogens with one attached hydrogen (secondary N) is 1. The van der Waals surface area contributed by atoms with Crippen LogP contribution in [0.3, 0.4) is 0 Å². The van der Waals surface area contributed by atoms with Crippen molar-refractivity contribution >= 4 is 17.2 Å². The zero-order valence-electron chi connectivity index (χ0n) is 11.9. The van der Waals surface area contributed by atoms with Crippen molar-refractivity contribution in [3.8, 4) is 6.07 Å². The van der Waals surface area contributed by atoms with Gasteiger partial charge >= 0.3 is 0 Å². The van der Waals surface area contributed by atoms with Crippen molar-refractivity contribution in [2.45, 2.75) is 31.7 Å². The smallest absolute Gasteiger partial charge is 0.262 e. The molecule has 0 bridgehead atoms. The minimum Gasteiger partial charge on any atom is -0.332 e. The van der Waals surface area contributed by atoms with Crippen LogP contribution >= 0.6 is 11.3 Å². The molecule has 1 aliphatic carbocycles. The minimum absolute atomic E-state index is 0.240. The van der Waals surface area contributed by atoms with Crippen LogP contribution in [0.2, 0.25) is 0 Å². The number of hydrogen-bond donors (Lipinski definition) is 1. The second kappa shape index (κ2) is 6.29. The van der Waals surface area contributed by atoms with Crippen molar-refractivity contribution < 1.29 is 9.18 Å². The van der Waals surface area contributed by atoms with E-state index in [2.05, 4.69) is 11.4 Å². The third-order valence-electron chi connectivity index (χ3n) is 3.83. The molecule has 0 aliphatic heterocycles. The lowest BCUT2D eigenvalue weighted by Gasteiger charge is -2.11. The number of amides is 1. The van der Waals surface area contributed by atoms with Gasteiger partial charge in [-0.25, -0.2) is 4.39 Å². The molecule has 0 spiro atoms. The fraction of sp³-hybridized carbons (Fsp3) is 0.294. The zero-order valence-corrected chi connectivity index (χ0v) is 12.8. The molecule has 1 atom stereocenters. The van der Waals surface area contributed by atoms with Crippen LogP contribution in [0.25, 0.3) is 0 Å². The van der Waals surface area contributed by atoms with Gasteiger partial charge in [0.05, 0.1) is 10.9 Å². The molecule has 0 radical (unpaired) electrons. The zero-order chi connectivity index (χ0) is 15.5. The van der Waals surface area contributed by atoms with Crippen molar-refractivity contribution in [3.63, 3.8) is 0 Å². The number of hydrogen-bond acceptors (Lipinski definition) is 3. The second-order valence-corrected chi connectivity index (χ2v) is 6.49. The summed E-state index contributed by atoms with van der Waals surface area (Å²) in [6, 6.07) is 8.83. The first-order valence-corrected chi connectivity index (χ1v) is 8.06. The molecule has 1 amide bonds. The second-order valence-electron chi connectivity index (χ2n) is 5.35. The lowest BCUT2D eigenvalue weighted by molar-refractivity contribution is 0.0949. The summed E-state index contributed by atoms with van der Waals surface area (Å²) in [5, 5.41) is 12.0. The van der Waals surface area contributed by atoms with E-state index in [0.717, 1.165) is 12.8 Å². The van der Waals surface area contributed by atoms with Crippen molar-refractivity contribution in [2.75, 3.05) is 0 Å². The molecule has 5 heteroatoms. The van der Waals surface area contributed by atoms with Crippen LogP contribution < -0.4 is 5.32 Å². The summed E-state index contributed by atoms with van der Waals surface area (Å²) in [6.45, 7) is 0. The monoisotopic (exact) mass is 314 g/mol. The van der Waals surface area contributed by atoms with Crippen molar-refractivity contribution in [3.05, 3.63) is 57.0 Å². The van der Waals surface area contributed by atoms with E-state index in [0.29, 0.717) is 10.4 Å². The number of fused-ring (bicyclic) bond motifs is 1. The molecular formula is C17H15FN2OS. The molecule has 3 rings (SSSR count). The average Bonchev–Trinajstić information content (AvgIpc) is 2.97. The van der Waals surface area contributed by atoms with E-state index in [1.54, 1.807) is 0 Å². The van der Waals surface area contributed by atoms with Gasteiger partial charge in [0.1, 0.15) is 11.9 Å².